The second-order valence-corrected chi connectivity index (χ2v) is 4.76. The fourth-order valence-corrected chi connectivity index (χ4v) is 2.24. The van der Waals surface area contributed by atoms with Crippen molar-refractivity contribution in [1.82, 2.24) is 5.32 Å². The van der Waals surface area contributed by atoms with Crippen LogP contribution in [0.3, 0.4) is 0 Å². The van der Waals surface area contributed by atoms with Crippen LogP contribution in [0.15, 0.2) is 36.4 Å². The Morgan fingerprint density at radius 3 is 2.62 bits per heavy atom. The van der Waals surface area contributed by atoms with Crippen LogP contribution in [0.4, 0.5) is 4.39 Å². The SMILES string of the molecule is COc1cc(CNCc2ccc(F)cc2)cc2c1OCO2. The molecule has 0 bridgehead atoms. The minimum absolute atomic E-state index is 0.220. The number of benzene rings is 2. The summed E-state index contributed by atoms with van der Waals surface area (Å²) in [4.78, 5) is 0. The molecule has 1 aliphatic rings. The van der Waals surface area contributed by atoms with E-state index in [0.29, 0.717) is 30.3 Å². The van der Waals surface area contributed by atoms with E-state index in [9.17, 15) is 4.39 Å². The Morgan fingerprint density at radius 2 is 1.86 bits per heavy atom. The van der Waals surface area contributed by atoms with Crippen molar-refractivity contribution >= 4 is 0 Å². The monoisotopic (exact) mass is 289 g/mol. The lowest BCUT2D eigenvalue weighted by molar-refractivity contribution is 0.171. The average molecular weight is 289 g/mol. The maximum absolute atomic E-state index is 12.8. The summed E-state index contributed by atoms with van der Waals surface area (Å²) in [5.41, 5.74) is 2.07. The van der Waals surface area contributed by atoms with E-state index in [-0.39, 0.29) is 12.6 Å². The molecule has 3 rings (SSSR count). The van der Waals surface area contributed by atoms with Gasteiger partial charge in [0.05, 0.1) is 7.11 Å². The van der Waals surface area contributed by atoms with Gasteiger partial charge in [0.2, 0.25) is 12.5 Å². The molecular weight excluding hydrogens is 273 g/mol. The Labute approximate surface area is 122 Å². The standard InChI is InChI=1S/C16H16FNO3/c1-19-14-6-12(7-15-16(14)21-10-20-15)9-18-8-11-2-4-13(17)5-3-11/h2-7,18H,8-10H2,1H3. The zero-order valence-corrected chi connectivity index (χ0v) is 11.7. The Kier molecular flexibility index (Phi) is 3.92. The maximum Gasteiger partial charge on any atom is 0.231 e. The zero-order chi connectivity index (χ0) is 14.7. The number of hydrogen-bond donors (Lipinski definition) is 1. The molecule has 0 saturated heterocycles. The number of methoxy groups -OCH3 is 1. The predicted octanol–water partition coefficient (Wildman–Crippen LogP) is 2.85. The third-order valence-corrected chi connectivity index (χ3v) is 3.29. The molecule has 0 aliphatic carbocycles. The highest BCUT2D eigenvalue weighted by Gasteiger charge is 2.19. The first-order chi connectivity index (χ1) is 10.3. The molecule has 0 spiro atoms. The van der Waals surface area contributed by atoms with E-state index in [0.717, 1.165) is 11.1 Å². The van der Waals surface area contributed by atoms with Crippen molar-refractivity contribution in [2.75, 3.05) is 13.9 Å². The van der Waals surface area contributed by atoms with Crippen molar-refractivity contribution in [2.45, 2.75) is 13.1 Å². The van der Waals surface area contributed by atoms with Crippen molar-refractivity contribution in [3.05, 3.63) is 53.3 Å². The number of hydrogen-bond acceptors (Lipinski definition) is 4. The van der Waals surface area contributed by atoms with E-state index >= 15 is 0 Å². The number of halogens is 1. The van der Waals surface area contributed by atoms with Crippen LogP contribution in [0.1, 0.15) is 11.1 Å². The molecule has 5 heteroatoms. The molecule has 0 aromatic heterocycles. The van der Waals surface area contributed by atoms with Crippen LogP contribution in [-0.2, 0) is 13.1 Å². The van der Waals surface area contributed by atoms with Gasteiger partial charge in [-0.15, -0.1) is 0 Å². The zero-order valence-electron chi connectivity index (χ0n) is 11.7. The summed E-state index contributed by atoms with van der Waals surface area (Å²) in [5.74, 6) is 1.80. The van der Waals surface area contributed by atoms with Gasteiger partial charge in [-0.05, 0) is 35.4 Å². The van der Waals surface area contributed by atoms with E-state index in [1.807, 2.05) is 12.1 Å². The minimum Gasteiger partial charge on any atom is -0.493 e. The van der Waals surface area contributed by atoms with E-state index < -0.39 is 0 Å². The van der Waals surface area contributed by atoms with Gasteiger partial charge in [0.1, 0.15) is 5.82 Å². The van der Waals surface area contributed by atoms with Gasteiger partial charge in [0, 0.05) is 13.1 Å². The predicted molar refractivity (Wildman–Crippen MR) is 76.1 cm³/mol. The van der Waals surface area contributed by atoms with Gasteiger partial charge in [0.25, 0.3) is 0 Å². The highest BCUT2D eigenvalue weighted by molar-refractivity contribution is 5.55. The van der Waals surface area contributed by atoms with Crippen LogP contribution in [0, 0.1) is 5.82 Å². The smallest absolute Gasteiger partial charge is 0.231 e. The van der Waals surface area contributed by atoms with Crippen molar-refractivity contribution in [2.24, 2.45) is 0 Å². The second-order valence-electron chi connectivity index (χ2n) is 4.76. The van der Waals surface area contributed by atoms with Crippen molar-refractivity contribution in [3.8, 4) is 17.2 Å². The fourth-order valence-electron chi connectivity index (χ4n) is 2.24. The lowest BCUT2D eigenvalue weighted by Crippen LogP contribution is -2.12. The number of nitrogens with one attached hydrogen (secondary N) is 1. The Bertz CT molecular complexity index is 628. The van der Waals surface area contributed by atoms with E-state index in [2.05, 4.69) is 5.32 Å². The van der Waals surface area contributed by atoms with Crippen LogP contribution in [0.2, 0.25) is 0 Å². The summed E-state index contributed by atoms with van der Waals surface area (Å²) < 4.78 is 28.9. The fraction of sp³-hybridized carbons (Fsp3) is 0.250. The first kappa shape index (κ1) is 13.7. The molecule has 0 unspecified atom stereocenters. The molecule has 1 aliphatic heterocycles. The molecule has 4 nitrogen and oxygen atoms in total. The topological polar surface area (TPSA) is 39.7 Å². The summed E-state index contributed by atoms with van der Waals surface area (Å²) in [6, 6.07) is 10.3. The highest BCUT2D eigenvalue weighted by Crippen LogP contribution is 2.41. The molecule has 0 fully saturated rings. The van der Waals surface area contributed by atoms with Gasteiger partial charge in [-0.25, -0.2) is 4.39 Å². The van der Waals surface area contributed by atoms with Gasteiger partial charge < -0.3 is 19.5 Å². The van der Waals surface area contributed by atoms with Crippen LogP contribution in [-0.4, -0.2) is 13.9 Å². The number of rotatable bonds is 5. The highest BCUT2D eigenvalue weighted by atomic mass is 19.1. The van der Waals surface area contributed by atoms with E-state index in [1.165, 1.54) is 12.1 Å². The van der Waals surface area contributed by atoms with Crippen LogP contribution in [0.5, 0.6) is 17.2 Å². The van der Waals surface area contributed by atoms with Crippen molar-refractivity contribution in [1.29, 1.82) is 0 Å². The van der Waals surface area contributed by atoms with Crippen LogP contribution in [0.25, 0.3) is 0 Å². The Balaban J connectivity index is 1.64. The van der Waals surface area contributed by atoms with Crippen molar-refractivity contribution < 1.29 is 18.6 Å². The normalized spacial score (nSPS) is 12.5. The first-order valence-corrected chi connectivity index (χ1v) is 6.68. The van der Waals surface area contributed by atoms with Crippen LogP contribution < -0.4 is 19.5 Å². The molecule has 0 atom stereocenters. The molecular formula is C16H16FNO3. The summed E-state index contributed by atoms with van der Waals surface area (Å²) in [5, 5.41) is 3.31. The van der Waals surface area contributed by atoms with Crippen LogP contribution >= 0.6 is 0 Å². The third kappa shape index (κ3) is 3.08. The van der Waals surface area contributed by atoms with E-state index in [1.54, 1.807) is 19.2 Å². The lowest BCUT2D eigenvalue weighted by atomic mass is 10.1. The molecule has 1 N–H and O–H groups in total. The maximum atomic E-state index is 12.8. The summed E-state index contributed by atoms with van der Waals surface area (Å²) in [7, 11) is 1.60. The molecule has 110 valence electrons. The lowest BCUT2D eigenvalue weighted by Gasteiger charge is -2.09. The average Bonchev–Trinajstić information content (AvgIpc) is 2.97. The first-order valence-electron chi connectivity index (χ1n) is 6.68. The Morgan fingerprint density at radius 1 is 1.10 bits per heavy atom. The summed E-state index contributed by atoms with van der Waals surface area (Å²) in [6.07, 6.45) is 0. The summed E-state index contributed by atoms with van der Waals surface area (Å²) >= 11 is 0. The molecule has 0 radical (unpaired) electrons. The third-order valence-electron chi connectivity index (χ3n) is 3.29. The van der Waals surface area contributed by atoms with E-state index in [4.69, 9.17) is 14.2 Å². The van der Waals surface area contributed by atoms with Gasteiger partial charge in [-0.3, -0.25) is 0 Å². The van der Waals surface area contributed by atoms with Gasteiger partial charge in [0.15, 0.2) is 11.5 Å². The molecule has 2 aromatic carbocycles. The largest absolute Gasteiger partial charge is 0.493 e. The summed E-state index contributed by atoms with van der Waals surface area (Å²) in [6.45, 7) is 1.54. The van der Waals surface area contributed by atoms with Gasteiger partial charge >= 0.3 is 0 Å². The van der Waals surface area contributed by atoms with Crippen molar-refractivity contribution in [3.63, 3.8) is 0 Å². The second kappa shape index (κ2) is 6.01. The Hall–Kier alpha value is -2.27. The van der Waals surface area contributed by atoms with Gasteiger partial charge in [-0.2, -0.15) is 0 Å². The van der Waals surface area contributed by atoms with Gasteiger partial charge in [-0.1, -0.05) is 12.1 Å². The molecule has 0 amide bonds. The quantitative estimate of drug-likeness (QED) is 0.919. The molecule has 1 heterocycles. The molecule has 0 saturated carbocycles. The number of fused-ring (bicyclic) bond motifs is 1. The number of ether oxygens (including phenoxy) is 3. The minimum atomic E-state index is -0.223. The molecule has 21 heavy (non-hydrogen) atoms. The molecule has 2 aromatic rings.